The standard InChI is InChI=1S/C20H22F4N4O/c1-11-5-13(20(22,23)24)7-17(29)18(11)16-6-12-3-2-4-28(19(12)27-26-16)10-15-8-14(21)9-25-15/h5-7,14-15,25,29H,2-4,8-10H2,1H3/t14-,15+/m1/s1. The Morgan fingerprint density at radius 3 is 2.69 bits per heavy atom. The van der Waals surface area contributed by atoms with Crippen LogP contribution in [0.25, 0.3) is 11.3 Å². The van der Waals surface area contributed by atoms with Crippen LogP contribution < -0.4 is 10.2 Å². The van der Waals surface area contributed by atoms with Gasteiger partial charge < -0.3 is 15.3 Å². The van der Waals surface area contributed by atoms with E-state index in [1.54, 1.807) is 6.07 Å². The van der Waals surface area contributed by atoms with Gasteiger partial charge in [0.1, 0.15) is 11.9 Å². The Balaban J connectivity index is 1.63. The van der Waals surface area contributed by atoms with Crippen molar-refractivity contribution in [2.75, 3.05) is 24.5 Å². The maximum Gasteiger partial charge on any atom is 0.416 e. The van der Waals surface area contributed by atoms with Gasteiger partial charge in [0, 0.05) is 31.2 Å². The number of benzene rings is 1. The molecule has 2 atom stereocenters. The molecule has 2 N–H and O–H groups in total. The number of phenols is 1. The van der Waals surface area contributed by atoms with Crippen molar-refractivity contribution in [1.29, 1.82) is 0 Å². The average molecular weight is 410 g/mol. The van der Waals surface area contributed by atoms with Crippen molar-refractivity contribution in [3.05, 3.63) is 34.9 Å². The van der Waals surface area contributed by atoms with Gasteiger partial charge in [0.2, 0.25) is 0 Å². The Bertz CT molecular complexity index is 895. The van der Waals surface area contributed by atoms with E-state index in [1.807, 2.05) is 0 Å². The third kappa shape index (κ3) is 4.01. The number of fused-ring (bicyclic) bond motifs is 1. The van der Waals surface area contributed by atoms with E-state index in [0.29, 0.717) is 31.0 Å². The predicted molar refractivity (Wildman–Crippen MR) is 101 cm³/mol. The molecule has 4 rings (SSSR count). The van der Waals surface area contributed by atoms with Gasteiger partial charge in [-0.25, -0.2) is 4.39 Å². The first-order valence-corrected chi connectivity index (χ1v) is 9.62. The SMILES string of the molecule is Cc1cc(C(F)(F)F)cc(O)c1-c1cc2c(nn1)N(C[C@@H]1C[C@@H](F)CN1)CCC2. The molecular formula is C20H22F4N4O. The largest absolute Gasteiger partial charge is 0.507 e. The Kier molecular flexibility index (Phi) is 5.10. The summed E-state index contributed by atoms with van der Waals surface area (Å²) in [6.45, 7) is 3.30. The lowest BCUT2D eigenvalue weighted by atomic mass is 9.98. The molecule has 1 saturated heterocycles. The number of aryl methyl sites for hydroxylation is 2. The van der Waals surface area contributed by atoms with Gasteiger partial charge in [-0.1, -0.05) is 0 Å². The van der Waals surface area contributed by atoms with Crippen molar-refractivity contribution < 1.29 is 22.7 Å². The minimum Gasteiger partial charge on any atom is -0.507 e. The molecule has 0 radical (unpaired) electrons. The Morgan fingerprint density at radius 2 is 2.03 bits per heavy atom. The van der Waals surface area contributed by atoms with Crippen molar-refractivity contribution in [3.8, 4) is 17.0 Å². The molecule has 0 amide bonds. The van der Waals surface area contributed by atoms with Crippen LogP contribution in [0.4, 0.5) is 23.4 Å². The van der Waals surface area contributed by atoms with Crippen LogP contribution >= 0.6 is 0 Å². The first kappa shape index (κ1) is 19.9. The number of hydrogen-bond acceptors (Lipinski definition) is 5. The van der Waals surface area contributed by atoms with Gasteiger partial charge in [0.05, 0.1) is 11.3 Å². The molecule has 1 fully saturated rings. The van der Waals surface area contributed by atoms with Crippen LogP contribution in [0.3, 0.4) is 0 Å². The Labute approximate surface area is 165 Å². The summed E-state index contributed by atoms with van der Waals surface area (Å²) in [6.07, 6.45) is -3.24. The van der Waals surface area contributed by atoms with Gasteiger partial charge >= 0.3 is 6.18 Å². The van der Waals surface area contributed by atoms with Crippen molar-refractivity contribution in [1.82, 2.24) is 15.5 Å². The number of rotatable bonds is 3. The summed E-state index contributed by atoms with van der Waals surface area (Å²) in [7, 11) is 0. The number of hydrogen-bond donors (Lipinski definition) is 2. The summed E-state index contributed by atoms with van der Waals surface area (Å²) in [6, 6.07) is 3.55. The van der Waals surface area contributed by atoms with E-state index < -0.39 is 23.7 Å². The minimum absolute atomic E-state index is 0.0543. The molecule has 1 aromatic carbocycles. The average Bonchev–Trinajstić information content (AvgIpc) is 3.05. The van der Waals surface area contributed by atoms with E-state index in [-0.39, 0.29) is 17.2 Å². The molecule has 2 aromatic rings. The first-order chi connectivity index (χ1) is 13.7. The Hall–Kier alpha value is -2.42. The maximum absolute atomic E-state index is 13.4. The highest BCUT2D eigenvalue weighted by Gasteiger charge is 2.33. The molecule has 1 aromatic heterocycles. The molecule has 2 aliphatic rings. The molecule has 0 saturated carbocycles. The number of nitrogens with zero attached hydrogens (tertiary/aromatic N) is 3. The normalized spacial score (nSPS) is 22.0. The number of alkyl halides is 4. The lowest BCUT2D eigenvalue weighted by molar-refractivity contribution is -0.137. The lowest BCUT2D eigenvalue weighted by Crippen LogP contribution is -2.40. The number of anilines is 1. The van der Waals surface area contributed by atoms with Crippen LogP contribution in [0.5, 0.6) is 5.75 Å². The fraction of sp³-hybridized carbons (Fsp3) is 0.500. The summed E-state index contributed by atoms with van der Waals surface area (Å²) in [5.74, 6) is 0.247. The van der Waals surface area contributed by atoms with Crippen LogP contribution in [0.15, 0.2) is 18.2 Å². The van der Waals surface area contributed by atoms with Gasteiger partial charge in [-0.2, -0.15) is 13.2 Å². The molecule has 0 unspecified atom stereocenters. The van der Waals surface area contributed by atoms with Crippen molar-refractivity contribution in [2.45, 2.75) is 44.6 Å². The number of aromatic hydroxyl groups is 1. The second-order valence-corrected chi connectivity index (χ2v) is 7.75. The van der Waals surface area contributed by atoms with Gasteiger partial charge in [-0.05, 0) is 55.5 Å². The van der Waals surface area contributed by atoms with Crippen LogP contribution in [-0.4, -0.2) is 47.2 Å². The van der Waals surface area contributed by atoms with E-state index in [9.17, 15) is 22.7 Å². The molecule has 5 nitrogen and oxygen atoms in total. The number of nitrogens with one attached hydrogen (secondary N) is 1. The second kappa shape index (κ2) is 7.44. The second-order valence-electron chi connectivity index (χ2n) is 7.75. The summed E-state index contributed by atoms with van der Waals surface area (Å²) in [5, 5.41) is 21.9. The van der Waals surface area contributed by atoms with E-state index in [1.165, 1.54) is 6.92 Å². The molecule has 2 aliphatic heterocycles. The first-order valence-electron chi connectivity index (χ1n) is 9.62. The molecule has 156 valence electrons. The zero-order chi connectivity index (χ0) is 20.8. The molecule has 0 aliphatic carbocycles. The quantitative estimate of drug-likeness (QED) is 0.757. The third-order valence-electron chi connectivity index (χ3n) is 5.53. The molecule has 3 heterocycles. The van der Waals surface area contributed by atoms with Crippen LogP contribution in [0, 0.1) is 6.92 Å². The van der Waals surface area contributed by atoms with E-state index in [0.717, 1.165) is 37.1 Å². The summed E-state index contributed by atoms with van der Waals surface area (Å²) < 4.78 is 52.3. The lowest BCUT2D eigenvalue weighted by Gasteiger charge is -2.31. The molecule has 9 heteroatoms. The van der Waals surface area contributed by atoms with E-state index in [4.69, 9.17) is 0 Å². The van der Waals surface area contributed by atoms with Gasteiger partial charge in [0.25, 0.3) is 0 Å². The molecular weight excluding hydrogens is 388 g/mol. The zero-order valence-corrected chi connectivity index (χ0v) is 15.9. The smallest absolute Gasteiger partial charge is 0.416 e. The topological polar surface area (TPSA) is 61.3 Å². The number of halogens is 4. The molecule has 0 bridgehead atoms. The maximum atomic E-state index is 13.4. The van der Waals surface area contributed by atoms with Gasteiger partial charge in [-0.3, -0.25) is 0 Å². The van der Waals surface area contributed by atoms with Gasteiger partial charge in [0.15, 0.2) is 5.82 Å². The number of phenolic OH excluding ortho intramolecular Hbond substituents is 1. The highest BCUT2D eigenvalue weighted by molar-refractivity contribution is 5.72. The van der Waals surface area contributed by atoms with Crippen molar-refractivity contribution >= 4 is 5.82 Å². The van der Waals surface area contributed by atoms with Crippen molar-refractivity contribution in [3.63, 3.8) is 0 Å². The summed E-state index contributed by atoms with van der Waals surface area (Å²) in [4.78, 5) is 2.07. The Morgan fingerprint density at radius 1 is 1.24 bits per heavy atom. The predicted octanol–water partition coefficient (Wildman–Crippen LogP) is 3.63. The fourth-order valence-electron chi connectivity index (χ4n) is 4.18. The van der Waals surface area contributed by atoms with Crippen LogP contribution in [-0.2, 0) is 12.6 Å². The summed E-state index contributed by atoms with van der Waals surface area (Å²) in [5.41, 5.74) is 0.905. The number of aromatic nitrogens is 2. The van der Waals surface area contributed by atoms with Crippen LogP contribution in [0.1, 0.15) is 29.5 Å². The third-order valence-corrected chi connectivity index (χ3v) is 5.53. The van der Waals surface area contributed by atoms with E-state index in [2.05, 4.69) is 20.4 Å². The monoisotopic (exact) mass is 410 g/mol. The van der Waals surface area contributed by atoms with Crippen LogP contribution in [0.2, 0.25) is 0 Å². The highest BCUT2D eigenvalue weighted by atomic mass is 19.4. The molecule has 0 spiro atoms. The fourth-order valence-corrected chi connectivity index (χ4v) is 4.18. The zero-order valence-electron chi connectivity index (χ0n) is 15.9. The minimum atomic E-state index is -4.53. The molecule has 29 heavy (non-hydrogen) atoms. The van der Waals surface area contributed by atoms with E-state index >= 15 is 0 Å². The van der Waals surface area contributed by atoms with Crippen molar-refractivity contribution in [2.24, 2.45) is 0 Å². The van der Waals surface area contributed by atoms with Gasteiger partial charge in [-0.15, -0.1) is 10.2 Å². The highest BCUT2D eigenvalue weighted by Crippen LogP contribution is 2.39. The summed E-state index contributed by atoms with van der Waals surface area (Å²) >= 11 is 0.